The minimum Gasteiger partial charge on any atom is -0.444 e. The molecule has 1 aromatic heterocycles. The molecule has 0 atom stereocenters. The van der Waals surface area contributed by atoms with Gasteiger partial charge in [0.25, 0.3) is 0 Å². The van der Waals surface area contributed by atoms with Crippen molar-refractivity contribution >= 4 is 24.5 Å². The van der Waals surface area contributed by atoms with Crippen LogP contribution in [0.3, 0.4) is 0 Å². The first-order valence-corrected chi connectivity index (χ1v) is 5.21. The zero-order chi connectivity index (χ0) is 13.9. The molecule has 0 aliphatic carbocycles. The molecule has 0 spiro atoms. The Bertz CT molecular complexity index is 448. The monoisotopic (exact) mass is 256 g/mol. The topological polar surface area (TPSA) is 91.7 Å². The van der Waals surface area contributed by atoms with Crippen LogP contribution in [0.1, 0.15) is 20.8 Å². The van der Waals surface area contributed by atoms with Crippen molar-refractivity contribution in [1.29, 1.82) is 0 Å². The van der Waals surface area contributed by atoms with E-state index >= 15 is 0 Å². The van der Waals surface area contributed by atoms with E-state index in [9.17, 15) is 9.18 Å². The van der Waals surface area contributed by atoms with Crippen LogP contribution >= 0.6 is 0 Å². The fraction of sp³-hybridized carbons (Fsp3) is 0.400. The van der Waals surface area contributed by atoms with Crippen molar-refractivity contribution in [2.45, 2.75) is 26.4 Å². The number of aromatic nitrogens is 1. The first-order valence-electron chi connectivity index (χ1n) is 5.21. The van der Waals surface area contributed by atoms with Crippen molar-refractivity contribution in [3.63, 3.8) is 0 Å². The molecule has 98 valence electrons. The Hall–Kier alpha value is -1.67. The number of nitrogens with one attached hydrogen (secondary N) is 1. The molecule has 1 amide bonds. The van der Waals surface area contributed by atoms with E-state index in [0.717, 1.165) is 12.3 Å². The largest absolute Gasteiger partial charge is 0.491 e. The summed E-state index contributed by atoms with van der Waals surface area (Å²) in [5, 5.41) is 19.9. The number of rotatable bonds is 2. The van der Waals surface area contributed by atoms with Gasteiger partial charge in [-0.05, 0) is 26.8 Å². The van der Waals surface area contributed by atoms with Crippen molar-refractivity contribution in [3.8, 4) is 0 Å². The van der Waals surface area contributed by atoms with E-state index in [2.05, 4.69) is 10.3 Å². The number of amides is 1. The summed E-state index contributed by atoms with van der Waals surface area (Å²) in [6.45, 7) is 4.97. The second-order valence-corrected chi connectivity index (χ2v) is 4.56. The average Bonchev–Trinajstić information content (AvgIpc) is 2.17. The van der Waals surface area contributed by atoms with E-state index in [1.165, 1.54) is 0 Å². The van der Waals surface area contributed by atoms with Crippen LogP contribution in [0.4, 0.5) is 15.0 Å². The van der Waals surface area contributed by atoms with Crippen molar-refractivity contribution in [1.82, 2.24) is 4.98 Å². The zero-order valence-electron chi connectivity index (χ0n) is 10.3. The number of carbonyl (C=O) groups excluding carboxylic acids is 1. The number of hydrogen-bond acceptors (Lipinski definition) is 5. The highest BCUT2D eigenvalue weighted by molar-refractivity contribution is 6.58. The Morgan fingerprint density at radius 1 is 1.50 bits per heavy atom. The molecule has 0 saturated heterocycles. The van der Waals surface area contributed by atoms with E-state index in [4.69, 9.17) is 14.8 Å². The number of nitrogens with zero attached hydrogens (tertiary/aromatic N) is 1. The smallest absolute Gasteiger partial charge is 0.444 e. The van der Waals surface area contributed by atoms with Crippen LogP contribution in [0.25, 0.3) is 0 Å². The maximum atomic E-state index is 13.7. The third kappa shape index (κ3) is 3.97. The fourth-order valence-corrected chi connectivity index (χ4v) is 1.15. The zero-order valence-corrected chi connectivity index (χ0v) is 10.3. The van der Waals surface area contributed by atoms with Gasteiger partial charge in [0.15, 0.2) is 11.6 Å². The molecule has 0 aliphatic rings. The first-order chi connectivity index (χ1) is 8.20. The maximum Gasteiger partial charge on any atom is 0.491 e. The summed E-state index contributed by atoms with van der Waals surface area (Å²) < 4.78 is 18.6. The molecule has 0 unspecified atom stereocenters. The van der Waals surface area contributed by atoms with E-state index in [1.54, 1.807) is 20.8 Å². The van der Waals surface area contributed by atoms with Gasteiger partial charge in [0.1, 0.15) is 5.60 Å². The highest BCUT2D eigenvalue weighted by Gasteiger charge is 2.22. The minimum atomic E-state index is -1.98. The molecule has 6 nitrogen and oxygen atoms in total. The molecule has 0 saturated carbocycles. The van der Waals surface area contributed by atoms with Crippen molar-refractivity contribution < 1.29 is 24.0 Å². The van der Waals surface area contributed by atoms with Crippen molar-refractivity contribution in [2.24, 2.45) is 0 Å². The molecule has 18 heavy (non-hydrogen) atoms. The van der Waals surface area contributed by atoms with Gasteiger partial charge in [-0.25, -0.2) is 14.2 Å². The second-order valence-electron chi connectivity index (χ2n) is 4.56. The van der Waals surface area contributed by atoms with Crippen LogP contribution in [0.5, 0.6) is 0 Å². The Morgan fingerprint density at radius 3 is 2.61 bits per heavy atom. The molecule has 0 bridgehead atoms. The summed E-state index contributed by atoms with van der Waals surface area (Å²) in [5.74, 6) is -1.44. The molecule has 8 heteroatoms. The van der Waals surface area contributed by atoms with E-state index < -0.39 is 30.4 Å². The predicted molar refractivity (Wildman–Crippen MR) is 63.9 cm³/mol. The van der Waals surface area contributed by atoms with Gasteiger partial charge in [-0.2, -0.15) is 0 Å². The lowest BCUT2D eigenvalue weighted by molar-refractivity contribution is 0.0634. The number of ether oxygens (including phenoxy) is 1. The quantitative estimate of drug-likeness (QED) is 0.659. The summed E-state index contributed by atoms with van der Waals surface area (Å²) in [5.41, 5.74) is -1.11. The lowest BCUT2D eigenvalue weighted by atomic mass is 9.80. The molecule has 0 aromatic carbocycles. The van der Waals surface area contributed by atoms with Crippen LogP contribution in [-0.2, 0) is 4.74 Å². The lowest BCUT2D eigenvalue weighted by Gasteiger charge is -2.19. The molecular formula is C10H14BFN2O4. The number of hydrogen-bond donors (Lipinski definition) is 3. The number of anilines is 1. The van der Waals surface area contributed by atoms with Crippen molar-refractivity contribution in [3.05, 3.63) is 18.1 Å². The van der Waals surface area contributed by atoms with E-state index in [0.29, 0.717) is 0 Å². The average molecular weight is 256 g/mol. The van der Waals surface area contributed by atoms with Gasteiger partial charge in [-0.3, -0.25) is 5.32 Å². The summed E-state index contributed by atoms with van der Waals surface area (Å²) >= 11 is 0. The SMILES string of the molecule is CC(C)(C)OC(=O)Nc1nccc(B(O)O)c1F. The Kier molecular flexibility index (Phi) is 4.26. The summed E-state index contributed by atoms with van der Waals surface area (Å²) in [7, 11) is -1.98. The summed E-state index contributed by atoms with van der Waals surface area (Å²) in [6, 6.07) is 1.10. The van der Waals surface area contributed by atoms with Crippen LogP contribution in [-0.4, -0.2) is 33.8 Å². The third-order valence-electron chi connectivity index (χ3n) is 1.82. The van der Waals surface area contributed by atoms with Gasteiger partial charge in [-0.15, -0.1) is 0 Å². The molecule has 1 aromatic rings. The van der Waals surface area contributed by atoms with Crippen LogP contribution in [0.2, 0.25) is 0 Å². The number of halogens is 1. The fourth-order valence-electron chi connectivity index (χ4n) is 1.15. The molecule has 1 rings (SSSR count). The van der Waals surface area contributed by atoms with Crippen LogP contribution < -0.4 is 10.8 Å². The van der Waals surface area contributed by atoms with Gasteiger partial charge in [-0.1, -0.05) is 0 Å². The molecular weight excluding hydrogens is 242 g/mol. The summed E-state index contributed by atoms with van der Waals surface area (Å²) in [4.78, 5) is 15.0. The van der Waals surface area contributed by atoms with E-state index in [1.807, 2.05) is 0 Å². The van der Waals surface area contributed by atoms with Gasteiger partial charge >= 0.3 is 13.2 Å². The molecule has 0 aliphatic heterocycles. The normalized spacial score (nSPS) is 11.0. The first kappa shape index (κ1) is 14.4. The number of pyridine rings is 1. The minimum absolute atomic E-state index is 0.379. The second kappa shape index (κ2) is 5.32. The highest BCUT2D eigenvalue weighted by Crippen LogP contribution is 2.11. The van der Waals surface area contributed by atoms with E-state index in [-0.39, 0.29) is 5.46 Å². The molecule has 1 heterocycles. The number of carbonyl (C=O) groups is 1. The maximum absolute atomic E-state index is 13.7. The Balaban J connectivity index is 2.86. The highest BCUT2D eigenvalue weighted by atomic mass is 19.1. The van der Waals surface area contributed by atoms with Crippen molar-refractivity contribution in [2.75, 3.05) is 5.32 Å². The van der Waals surface area contributed by atoms with Gasteiger partial charge in [0.2, 0.25) is 0 Å². The standard InChI is InChI=1S/C10H14BFN2O4/c1-10(2,3)18-9(15)14-8-7(12)6(11(16)17)4-5-13-8/h4-5,16-17H,1-3H3,(H,13,14,15). The van der Waals surface area contributed by atoms with Gasteiger partial charge < -0.3 is 14.8 Å². The van der Waals surface area contributed by atoms with Crippen LogP contribution in [0.15, 0.2) is 12.3 Å². The van der Waals surface area contributed by atoms with Gasteiger partial charge in [0.05, 0.1) is 0 Å². The van der Waals surface area contributed by atoms with Crippen LogP contribution in [0, 0.1) is 5.82 Å². The Morgan fingerprint density at radius 2 is 2.11 bits per heavy atom. The Labute approximate surface area is 104 Å². The molecule has 0 fully saturated rings. The van der Waals surface area contributed by atoms with Gasteiger partial charge in [0, 0.05) is 11.7 Å². The lowest BCUT2D eigenvalue weighted by Crippen LogP contribution is -2.34. The summed E-state index contributed by atoms with van der Waals surface area (Å²) in [6.07, 6.45) is 0.267. The molecule has 0 radical (unpaired) electrons. The molecule has 3 N–H and O–H groups in total. The third-order valence-corrected chi connectivity index (χ3v) is 1.82. The predicted octanol–water partition coefficient (Wildman–Crippen LogP) is 0.247.